The summed E-state index contributed by atoms with van der Waals surface area (Å²) >= 11 is 12.8. The molecule has 0 aliphatic heterocycles. The van der Waals surface area contributed by atoms with Gasteiger partial charge in [0, 0.05) is 21.2 Å². The fourth-order valence-electron chi connectivity index (χ4n) is 3.61. The first-order chi connectivity index (χ1) is 18.0. The van der Waals surface area contributed by atoms with Crippen LogP contribution >= 0.6 is 35.0 Å². The molecule has 37 heavy (non-hydrogen) atoms. The van der Waals surface area contributed by atoms with E-state index in [1.165, 1.54) is 0 Å². The molecule has 0 bridgehead atoms. The van der Waals surface area contributed by atoms with Crippen LogP contribution in [0.5, 0.6) is 5.75 Å². The lowest BCUT2D eigenvalue weighted by Gasteiger charge is -2.13. The molecular weight excluding hydrogens is 531 g/mol. The molecule has 1 N–H and O–H groups in total. The molecule has 0 atom stereocenters. The Bertz CT molecular complexity index is 1600. The number of carbonyl (C=O) groups is 1. The molecule has 0 aliphatic rings. The van der Waals surface area contributed by atoms with Gasteiger partial charge in [0.25, 0.3) is 5.22 Å². The number of thioether (sulfide) groups is 1. The molecule has 0 spiro atoms. The number of fused-ring (bicyclic) bond motifs is 1. The molecule has 9 heteroatoms. The highest BCUT2D eigenvalue weighted by Gasteiger charge is 2.18. The van der Waals surface area contributed by atoms with E-state index in [0.717, 1.165) is 28.1 Å². The Kier molecular flexibility index (Phi) is 7.46. The predicted molar refractivity (Wildman–Crippen MR) is 146 cm³/mol. The third-order valence-corrected chi connectivity index (χ3v) is 6.78. The molecule has 184 valence electrons. The van der Waals surface area contributed by atoms with Crippen LogP contribution in [0.1, 0.15) is 11.1 Å². The van der Waals surface area contributed by atoms with Gasteiger partial charge in [0.15, 0.2) is 0 Å². The maximum atomic E-state index is 12.2. The molecule has 0 aliphatic carbocycles. The number of rotatable bonds is 8. The van der Waals surface area contributed by atoms with E-state index in [0.29, 0.717) is 33.5 Å². The van der Waals surface area contributed by atoms with Crippen LogP contribution < -0.4 is 4.74 Å². The Morgan fingerprint density at radius 3 is 2.35 bits per heavy atom. The normalized spacial score (nSPS) is 11.6. The van der Waals surface area contributed by atoms with Crippen LogP contribution in [0, 0.1) is 0 Å². The first-order valence-corrected chi connectivity index (χ1v) is 12.6. The summed E-state index contributed by atoms with van der Waals surface area (Å²) in [4.78, 5) is 12.2. The molecule has 0 amide bonds. The second kappa shape index (κ2) is 11.1. The van der Waals surface area contributed by atoms with Gasteiger partial charge in [-0.15, -0.1) is 10.2 Å². The number of aliphatic carboxylic acids is 1. The Morgan fingerprint density at radius 1 is 0.919 bits per heavy atom. The van der Waals surface area contributed by atoms with E-state index in [2.05, 4.69) is 10.2 Å². The predicted octanol–water partition coefficient (Wildman–Crippen LogP) is 7.99. The van der Waals surface area contributed by atoms with Crippen LogP contribution in [0.3, 0.4) is 0 Å². The zero-order valence-corrected chi connectivity index (χ0v) is 21.4. The summed E-state index contributed by atoms with van der Waals surface area (Å²) in [6, 6.07) is 25.7. The Balaban J connectivity index is 1.48. The summed E-state index contributed by atoms with van der Waals surface area (Å²) in [5.74, 6) is -0.325. The molecule has 0 unspecified atom stereocenters. The number of halogens is 2. The summed E-state index contributed by atoms with van der Waals surface area (Å²) < 4.78 is 11.8. The molecule has 1 heterocycles. The number of hydrogen-bond donors (Lipinski definition) is 1. The van der Waals surface area contributed by atoms with Crippen LogP contribution in [0.25, 0.3) is 28.3 Å². The minimum absolute atomic E-state index is 0.000924. The summed E-state index contributed by atoms with van der Waals surface area (Å²) in [6.07, 6.45) is 1.57. The Hall–Kier alpha value is -3.78. The largest absolute Gasteiger partial charge is 0.488 e. The molecule has 6 nitrogen and oxygen atoms in total. The molecule has 1 aromatic heterocycles. The van der Waals surface area contributed by atoms with Crippen molar-refractivity contribution in [1.29, 1.82) is 0 Å². The topological polar surface area (TPSA) is 85.5 Å². The maximum absolute atomic E-state index is 12.2. The number of carboxylic acids is 1. The third kappa shape index (κ3) is 5.97. The standard InChI is InChI=1S/C28H18Cl2N2O4S/c29-20-10-5-17(6-11-20)16-35-24-14-9-18-3-1-2-4-22(18)23(24)15-25(27(33)34)37-28-32-31-26(36-28)19-7-12-21(30)13-8-19/h1-15H,16H2,(H,33,34)/b25-15-. The van der Waals surface area contributed by atoms with Gasteiger partial charge >= 0.3 is 5.97 Å². The van der Waals surface area contributed by atoms with Gasteiger partial charge in [0.05, 0.1) is 0 Å². The van der Waals surface area contributed by atoms with E-state index < -0.39 is 5.97 Å². The fourth-order valence-corrected chi connectivity index (χ4v) is 4.52. The summed E-state index contributed by atoms with van der Waals surface area (Å²) in [7, 11) is 0. The summed E-state index contributed by atoms with van der Waals surface area (Å²) in [5, 5.41) is 21.2. The summed E-state index contributed by atoms with van der Waals surface area (Å²) in [6.45, 7) is 0.292. The first kappa shape index (κ1) is 24.9. The number of hydrogen-bond acceptors (Lipinski definition) is 6. The van der Waals surface area contributed by atoms with Crippen molar-refractivity contribution in [2.45, 2.75) is 11.8 Å². The lowest BCUT2D eigenvalue weighted by molar-refractivity contribution is -0.131. The number of nitrogens with zero attached hydrogens (tertiary/aromatic N) is 2. The third-order valence-electron chi connectivity index (χ3n) is 5.42. The van der Waals surface area contributed by atoms with Crippen molar-refractivity contribution >= 4 is 57.8 Å². The van der Waals surface area contributed by atoms with E-state index in [9.17, 15) is 9.90 Å². The van der Waals surface area contributed by atoms with Gasteiger partial charge in [0.1, 0.15) is 17.3 Å². The highest BCUT2D eigenvalue weighted by Crippen LogP contribution is 2.35. The van der Waals surface area contributed by atoms with Crippen LogP contribution in [-0.4, -0.2) is 21.3 Å². The van der Waals surface area contributed by atoms with Crippen molar-refractivity contribution in [2.24, 2.45) is 0 Å². The van der Waals surface area contributed by atoms with Crippen molar-refractivity contribution in [1.82, 2.24) is 10.2 Å². The molecule has 0 radical (unpaired) electrons. The number of carboxylic acid groups (broad SMARTS) is 1. The van der Waals surface area contributed by atoms with E-state index in [1.807, 2.05) is 48.5 Å². The molecule has 0 fully saturated rings. The summed E-state index contributed by atoms with van der Waals surface area (Å²) in [5.41, 5.74) is 2.24. The van der Waals surface area contributed by atoms with Gasteiger partial charge in [-0.25, -0.2) is 4.79 Å². The Morgan fingerprint density at radius 2 is 1.62 bits per heavy atom. The quantitative estimate of drug-likeness (QED) is 0.155. The van der Waals surface area contributed by atoms with Crippen molar-refractivity contribution < 1.29 is 19.1 Å². The van der Waals surface area contributed by atoms with Crippen LogP contribution in [0.15, 0.2) is 99.5 Å². The minimum atomic E-state index is -1.13. The van der Waals surface area contributed by atoms with Gasteiger partial charge in [-0.3, -0.25) is 0 Å². The van der Waals surface area contributed by atoms with E-state index in [4.69, 9.17) is 32.4 Å². The van der Waals surface area contributed by atoms with Gasteiger partial charge in [-0.05, 0) is 76.6 Å². The van der Waals surface area contributed by atoms with Crippen LogP contribution in [0.4, 0.5) is 0 Å². The molecule has 4 aromatic carbocycles. The number of benzene rings is 4. The zero-order chi connectivity index (χ0) is 25.8. The van der Waals surface area contributed by atoms with Gasteiger partial charge in [-0.2, -0.15) is 0 Å². The number of aromatic nitrogens is 2. The molecule has 5 aromatic rings. The SMILES string of the molecule is O=C(O)/C(=C/c1c(OCc2ccc(Cl)cc2)ccc2ccccc12)Sc1nnc(-c2ccc(Cl)cc2)o1. The van der Waals surface area contributed by atoms with Gasteiger partial charge in [-0.1, -0.05) is 65.7 Å². The second-order valence-electron chi connectivity index (χ2n) is 7.91. The first-order valence-electron chi connectivity index (χ1n) is 11.1. The fraction of sp³-hybridized carbons (Fsp3) is 0.0357. The van der Waals surface area contributed by atoms with Crippen LogP contribution in [0.2, 0.25) is 10.0 Å². The highest BCUT2D eigenvalue weighted by atomic mass is 35.5. The lowest BCUT2D eigenvalue weighted by Crippen LogP contribution is -2.00. The zero-order valence-electron chi connectivity index (χ0n) is 19.1. The lowest BCUT2D eigenvalue weighted by atomic mass is 10.0. The van der Waals surface area contributed by atoms with Crippen molar-refractivity contribution in [3.05, 3.63) is 111 Å². The van der Waals surface area contributed by atoms with Gasteiger partial charge < -0.3 is 14.3 Å². The molecule has 0 saturated heterocycles. The van der Waals surface area contributed by atoms with E-state index in [-0.39, 0.29) is 16.0 Å². The van der Waals surface area contributed by atoms with Crippen LogP contribution in [-0.2, 0) is 11.4 Å². The maximum Gasteiger partial charge on any atom is 0.342 e. The van der Waals surface area contributed by atoms with E-state index >= 15 is 0 Å². The van der Waals surface area contributed by atoms with Gasteiger partial charge in [0.2, 0.25) is 5.89 Å². The number of ether oxygens (including phenoxy) is 1. The minimum Gasteiger partial charge on any atom is -0.488 e. The average Bonchev–Trinajstić information content (AvgIpc) is 3.37. The van der Waals surface area contributed by atoms with E-state index in [1.54, 1.807) is 42.5 Å². The molecule has 0 saturated carbocycles. The Labute approximate surface area is 226 Å². The highest BCUT2D eigenvalue weighted by molar-refractivity contribution is 8.03. The van der Waals surface area contributed by atoms with Crippen molar-refractivity contribution in [3.63, 3.8) is 0 Å². The average molecular weight is 549 g/mol. The monoisotopic (exact) mass is 548 g/mol. The van der Waals surface area contributed by atoms with Crippen molar-refractivity contribution in [2.75, 3.05) is 0 Å². The van der Waals surface area contributed by atoms with Crippen molar-refractivity contribution in [3.8, 4) is 17.2 Å². The molecular formula is C28H18Cl2N2O4S. The smallest absolute Gasteiger partial charge is 0.342 e. The second-order valence-corrected chi connectivity index (χ2v) is 9.78. The molecule has 5 rings (SSSR count).